The average molecular weight is 346 g/mol. The first-order valence-corrected chi connectivity index (χ1v) is 8.78. The van der Waals surface area contributed by atoms with Gasteiger partial charge in [-0.05, 0) is 18.8 Å². The van der Waals surface area contributed by atoms with E-state index in [1.54, 1.807) is 7.11 Å². The molecular formula is C16H30N2O4S. The number of thioether (sulfide) groups is 1. The normalized spacial score (nSPS) is 22.0. The predicted molar refractivity (Wildman–Crippen MR) is 92.5 cm³/mol. The van der Waals surface area contributed by atoms with E-state index in [0.717, 1.165) is 12.8 Å². The van der Waals surface area contributed by atoms with Gasteiger partial charge in [-0.25, -0.2) is 0 Å². The fourth-order valence-electron chi connectivity index (χ4n) is 3.65. The minimum Gasteiger partial charge on any atom is -0.481 e. The number of aliphatic carboxylic acids is 1. The molecule has 4 N–H and O–H groups in total. The first-order valence-electron chi connectivity index (χ1n) is 7.96. The summed E-state index contributed by atoms with van der Waals surface area (Å²) >= 11 is 1.98. The summed E-state index contributed by atoms with van der Waals surface area (Å²) in [7, 11) is 1.59. The molecule has 0 spiro atoms. The first kappa shape index (κ1) is 20.3. The van der Waals surface area contributed by atoms with E-state index in [2.05, 4.69) is 33.0 Å². The lowest BCUT2D eigenvalue weighted by Crippen LogP contribution is -2.55. The van der Waals surface area contributed by atoms with Gasteiger partial charge < -0.3 is 20.9 Å². The Hall–Kier alpha value is -0.790. The Bertz CT molecular complexity index is 426. The molecule has 23 heavy (non-hydrogen) atoms. The van der Waals surface area contributed by atoms with Crippen LogP contribution in [0.15, 0.2) is 0 Å². The molecular weight excluding hydrogens is 316 g/mol. The monoisotopic (exact) mass is 346 g/mol. The summed E-state index contributed by atoms with van der Waals surface area (Å²) in [6.45, 7) is 9.40. The summed E-state index contributed by atoms with van der Waals surface area (Å²) in [5, 5.41) is 11.5. The number of carbonyl (C=O) groups is 2. The molecule has 1 rings (SSSR count). The molecule has 0 aromatic heterocycles. The molecule has 0 aromatic carbocycles. The van der Waals surface area contributed by atoms with Crippen LogP contribution in [0.3, 0.4) is 0 Å². The van der Waals surface area contributed by atoms with Crippen molar-refractivity contribution in [2.45, 2.75) is 68.5 Å². The van der Waals surface area contributed by atoms with E-state index >= 15 is 0 Å². The number of ether oxygens (including phenoxy) is 1. The maximum Gasteiger partial charge on any atom is 0.305 e. The van der Waals surface area contributed by atoms with Crippen molar-refractivity contribution in [2.24, 2.45) is 11.7 Å². The summed E-state index contributed by atoms with van der Waals surface area (Å²) in [6.07, 6.45) is 1.40. The first-order chi connectivity index (χ1) is 10.5. The Morgan fingerprint density at radius 2 is 1.87 bits per heavy atom. The van der Waals surface area contributed by atoms with Crippen LogP contribution < -0.4 is 11.1 Å². The fourth-order valence-corrected chi connectivity index (χ4v) is 5.93. The van der Waals surface area contributed by atoms with Gasteiger partial charge in [0.25, 0.3) is 0 Å². The van der Waals surface area contributed by atoms with Crippen LogP contribution in [0.2, 0.25) is 0 Å². The van der Waals surface area contributed by atoms with Gasteiger partial charge in [-0.15, -0.1) is 11.8 Å². The molecule has 1 aliphatic rings. The van der Waals surface area contributed by atoms with Crippen LogP contribution >= 0.6 is 11.8 Å². The largest absolute Gasteiger partial charge is 0.481 e. The fraction of sp³-hybridized carbons (Fsp3) is 0.875. The molecule has 0 saturated carbocycles. The van der Waals surface area contributed by atoms with Crippen LogP contribution in [-0.2, 0) is 14.3 Å². The molecule has 1 saturated heterocycles. The second-order valence-electron chi connectivity index (χ2n) is 7.30. The third-order valence-corrected chi connectivity index (χ3v) is 6.08. The van der Waals surface area contributed by atoms with E-state index in [1.807, 2.05) is 11.8 Å². The Labute approximate surface area is 142 Å². The molecule has 1 fully saturated rings. The standard InChI is InChI=1S/C16H30N2O4S/c1-15(2)12(16(3,4)23-15)7-6-10(9-22-5)18-14(21)11(17)8-13(19)20/h10-12H,6-9,17H2,1-5H3,(H,18,21)(H,19,20)/t10?,11-/m0/s1. The average Bonchev–Trinajstić information content (AvgIpc) is 2.35. The maximum absolute atomic E-state index is 12.0. The smallest absolute Gasteiger partial charge is 0.305 e. The summed E-state index contributed by atoms with van der Waals surface area (Å²) < 4.78 is 5.66. The summed E-state index contributed by atoms with van der Waals surface area (Å²) in [4.78, 5) is 22.6. The second kappa shape index (κ2) is 7.85. The number of carbonyl (C=O) groups excluding carboxylic acids is 1. The molecule has 0 aromatic rings. The third-order valence-electron chi connectivity index (χ3n) is 4.45. The van der Waals surface area contributed by atoms with Crippen molar-refractivity contribution in [3.05, 3.63) is 0 Å². The number of nitrogens with one attached hydrogen (secondary N) is 1. The van der Waals surface area contributed by atoms with E-state index < -0.39 is 17.9 Å². The molecule has 1 heterocycles. The van der Waals surface area contributed by atoms with Gasteiger partial charge in [0.2, 0.25) is 5.91 Å². The summed E-state index contributed by atoms with van der Waals surface area (Å²) in [5.74, 6) is -0.953. The lowest BCUT2D eigenvalue weighted by atomic mass is 9.78. The van der Waals surface area contributed by atoms with Gasteiger partial charge in [-0.3, -0.25) is 9.59 Å². The Morgan fingerprint density at radius 1 is 1.30 bits per heavy atom. The summed E-state index contributed by atoms with van der Waals surface area (Å²) in [6, 6.07) is -1.18. The Balaban J connectivity index is 2.55. The van der Waals surface area contributed by atoms with Gasteiger partial charge in [0.15, 0.2) is 0 Å². The number of carboxylic acid groups (broad SMARTS) is 1. The molecule has 0 radical (unpaired) electrons. The lowest BCUT2D eigenvalue weighted by Gasteiger charge is -2.57. The highest BCUT2D eigenvalue weighted by atomic mass is 32.2. The number of rotatable bonds is 9. The third kappa shape index (κ3) is 5.65. The predicted octanol–water partition coefficient (Wildman–Crippen LogP) is 1.62. The van der Waals surface area contributed by atoms with Crippen molar-refractivity contribution >= 4 is 23.6 Å². The van der Waals surface area contributed by atoms with E-state index in [4.69, 9.17) is 15.6 Å². The van der Waals surface area contributed by atoms with Crippen molar-refractivity contribution in [3.8, 4) is 0 Å². The molecule has 1 amide bonds. The van der Waals surface area contributed by atoms with Crippen molar-refractivity contribution in [1.82, 2.24) is 5.32 Å². The van der Waals surface area contributed by atoms with E-state index in [-0.39, 0.29) is 22.0 Å². The van der Waals surface area contributed by atoms with Crippen molar-refractivity contribution in [1.29, 1.82) is 0 Å². The Morgan fingerprint density at radius 3 is 2.30 bits per heavy atom. The number of hydrogen-bond donors (Lipinski definition) is 3. The molecule has 0 aliphatic carbocycles. The minimum absolute atomic E-state index is 0.149. The number of hydrogen-bond acceptors (Lipinski definition) is 5. The summed E-state index contributed by atoms with van der Waals surface area (Å²) in [5.41, 5.74) is 5.61. The molecule has 7 heteroatoms. The van der Waals surface area contributed by atoms with Crippen LogP contribution in [0, 0.1) is 5.92 Å². The maximum atomic E-state index is 12.0. The number of methoxy groups -OCH3 is 1. The van der Waals surface area contributed by atoms with Crippen LogP contribution in [0.4, 0.5) is 0 Å². The van der Waals surface area contributed by atoms with Gasteiger partial charge >= 0.3 is 5.97 Å². The topological polar surface area (TPSA) is 102 Å². The highest BCUT2D eigenvalue weighted by Gasteiger charge is 2.53. The van der Waals surface area contributed by atoms with E-state index in [0.29, 0.717) is 12.5 Å². The highest BCUT2D eigenvalue weighted by molar-refractivity contribution is 8.03. The molecule has 2 atom stereocenters. The van der Waals surface area contributed by atoms with Crippen LogP contribution in [0.1, 0.15) is 47.0 Å². The molecule has 1 aliphatic heterocycles. The molecule has 0 bridgehead atoms. The van der Waals surface area contributed by atoms with Crippen LogP contribution in [0.5, 0.6) is 0 Å². The van der Waals surface area contributed by atoms with Crippen molar-refractivity contribution in [2.75, 3.05) is 13.7 Å². The number of amides is 1. The molecule has 6 nitrogen and oxygen atoms in total. The number of nitrogens with two attached hydrogens (primary N) is 1. The van der Waals surface area contributed by atoms with E-state index in [9.17, 15) is 9.59 Å². The second-order valence-corrected chi connectivity index (χ2v) is 9.61. The lowest BCUT2D eigenvalue weighted by molar-refractivity contribution is -0.139. The minimum atomic E-state index is -1.08. The SMILES string of the molecule is COCC(CCC1C(C)(C)SC1(C)C)NC(=O)[C@@H](N)CC(=O)O. The number of carboxylic acids is 1. The molecule has 134 valence electrons. The zero-order valence-corrected chi connectivity index (χ0v) is 15.5. The zero-order valence-electron chi connectivity index (χ0n) is 14.7. The van der Waals surface area contributed by atoms with E-state index in [1.165, 1.54) is 0 Å². The van der Waals surface area contributed by atoms with Crippen molar-refractivity contribution in [3.63, 3.8) is 0 Å². The van der Waals surface area contributed by atoms with Gasteiger partial charge in [-0.1, -0.05) is 27.7 Å². The quantitative estimate of drug-likeness (QED) is 0.586. The van der Waals surface area contributed by atoms with Gasteiger partial charge in [0.1, 0.15) is 0 Å². The van der Waals surface area contributed by atoms with Crippen LogP contribution in [-0.4, -0.2) is 52.3 Å². The van der Waals surface area contributed by atoms with Gasteiger partial charge in [0, 0.05) is 16.6 Å². The Kier molecular flexibility index (Phi) is 6.92. The van der Waals surface area contributed by atoms with Crippen molar-refractivity contribution < 1.29 is 19.4 Å². The van der Waals surface area contributed by atoms with Gasteiger partial charge in [-0.2, -0.15) is 0 Å². The highest BCUT2D eigenvalue weighted by Crippen LogP contribution is 2.60. The zero-order chi connectivity index (χ0) is 17.8. The van der Waals surface area contributed by atoms with Crippen LogP contribution in [0.25, 0.3) is 0 Å². The molecule has 1 unspecified atom stereocenters. The van der Waals surface area contributed by atoms with Gasteiger partial charge in [0.05, 0.1) is 25.1 Å².